The maximum absolute atomic E-state index is 12.3. The minimum Gasteiger partial charge on any atom is -0.377 e. The molecule has 2 saturated carbocycles. The molecule has 0 aromatic rings. The minimum absolute atomic E-state index is 0.0981. The van der Waals surface area contributed by atoms with E-state index in [0.717, 1.165) is 76.2 Å². The molecule has 1 N–H and O–H groups in total. The summed E-state index contributed by atoms with van der Waals surface area (Å²) in [4.78, 5) is 47.8. The Bertz CT molecular complexity index is 989. The Labute approximate surface area is 314 Å². The maximum Gasteiger partial charge on any atom is 0.500 e. The summed E-state index contributed by atoms with van der Waals surface area (Å²) in [5.41, 5.74) is -0.497. The van der Waals surface area contributed by atoms with E-state index in [9.17, 15) is 19.2 Å². The highest BCUT2D eigenvalue weighted by atomic mass is 28.4. The minimum atomic E-state index is -2.63. The highest BCUT2D eigenvalue weighted by molar-refractivity contribution is 6.60. The number of carbonyl (C=O) groups is 4. The number of carbonyl (C=O) groups excluding carboxylic acids is 4. The van der Waals surface area contributed by atoms with Crippen LogP contribution in [0.15, 0.2) is 0 Å². The second kappa shape index (κ2) is 24.8. The number of hydrogen-bond donors (Lipinski definition) is 1. The highest BCUT2D eigenvalue weighted by Crippen LogP contribution is 2.40. The third kappa shape index (κ3) is 20.6. The van der Waals surface area contributed by atoms with Gasteiger partial charge in [0, 0.05) is 76.9 Å². The lowest BCUT2D eigenvalue weighted by Gasteiger charge is -2.34. The first-order chi connectivity index (χ1) is 24.0. The van der Waals surface area contributed by atoms with Gasteiger partial charge in [-0.25, -0.2) is 0 Å². The maximum atomic E-state index is 12.3. The SMILES string of the molecule is CCCC(=O)CC1CCC(CC2CCC(CC(=O)C(C)(C)C)CC2)CC1.CO[Si](CCC(=O)CCCCCCCNC(=O)C(C)(C)C)(OC)OC. The van der Waals surface area contributed by atoms with Crippen molar-refractivity contribution >= 4 is 32.1 Å². The van der Waals surface area contributed by atoms with Crippen molar-refractivity contribution in [3.8, 4) is 0 Å². The van der Waals surface area contributed by atoms with E-state index in [0.29, 0.717) is 42.3 Å². The highest BCUT2D eigenvalue weighted by Gasteiger charge is 2.38. The van der Waals surface area contributed by atoms with Crippen LogP contribution in [0.2, 0.25) is 6.04 Å². The zero-order chi connectivity index (χ0) is 38.5. The zero-order valence-electron chi connectivity index (χ0n) is 34.7. The van der Waals surface area contributed by atoms with Gasteiger partial charge in [0.15, 0.2) is 0 Å². The van der Waals surface area contributed by atoms with Crippen LogP contribution in [0.1, 0.15) is 177 Å². The van der Waals surface area contributed by atoms with Gasteiger partial charge in [-0.15, -0.1) is 0 Å². The monoisotopic (exact) mass is 738 g/mol. The molecule has 298 valence electrons. The lowest BCUT2D eigenvalue weighted by Crippen LogP contribution is -2.43. The summed E-state index contributed by atoms with van der Waals surface area (Å²) >= 11 is 0. The summed E-state index contributed by atoms with van der Waals surface area (Å²) < 4.78 is 16.0. The van der Waals surface area contributed by atoms with Crippen molar-refractivity contribution in [2.24, 2.45) is 34.5 Å². The Morgan fingerprint density at radius 1 is 0.588 bits per heavy atom. The standard InChI is InChI=1S/C24H42O2.C18H37NO5Si/c1-5-6-22(25)16-20-11-7-18(8-12-20)15-19-9-13-21(14-10-19)17-23(26)24(2,3)4;1-18(2,3)17(21)19-14-11-9-7-8-10-12-16(20)13-15-25(22-4,23-5)24-6/h18-21H,5-17H2,1-4H3;7-15H2,1-6H3,(H,19,21). The fourth-order valence-corrected chi connectivity index (χ4v) is 9.20. The van der Waals surface area contributed by atoms with Gasteiger partial charge in [-0.1, -0.05) is 93.4 Å². The fraction of sp³-hybridized carbons (Fsp3) is 0.905. The van der Waals surface area contributed by atoms with E-state index in [1.807, 2.05) is 41.5 Å². The summed E-state index contributed by atoms with van der Waals surface area (Å²) in [6.07, 6.45) is 21.4. The molecule has 1 amide bonds. The van der Waals surface area contributed by atoms with Gasteiger partial charge in [0.05, 0.1) is 0 Å². The molecule has 0 aliphatic heterocycles. The van der Waals surface area contributed by atoms with Crippen molar-refractivity contribution in [2.45, 2.75) is 183 Å². The van der Waals surface area contributed by atoms with Crippen molar-refractivity contribution in [2.75, 3.05) is 27.9 Å². The van der Waals surface area contributed by atoms with Crippen molar-refractivity contribution in [1.29, 1.82) is 0 Å². The predicted octanol–water partition coefficient (Wildman–Crippen LogP) is 10.1. The third-order valence-electron chi connectivity index (χ3n) is 11.2. The Balaban J connectivity index is 0.000000511. The second-order valence-corrected chi connectivity index (χ2v) is 20.8. The molecular formula is C42H79NO7Si. The van der Waals surface area contributed by atoms with Crippen LogP contribution in [0, 0.1) is 34.5 Å². The Morgan fingerprint density at radius 3 is 1.53 bits per heavy atom. The summed E-state index contributed by atoms with van der Waals surface area (Å²) in [5, 5.41) is 2.95. The van der Waals surface area contributed by atoms with Crippen LogP contribution in [0.25, 0.3) is 0 Å². The molecule has 0 saturated heterocycles. The van der Waals surface area contributed by atoms with Gasteiger partial charge < -0.3 is 18.6 Å². The van der Waals surface area contributed by atoms with Gasteiger partial charge in [-0.3, -0.25) is 19.2 Å². The summed E-state index contributed by atoms with van der Waals surface area (Å²) in [6, 6.07) is 0.531. The lowest BCUT2D eigenvalue weighted by atomic mass is 9.71. The molecule has 0 heterocycles. The van der Waals surface area contributed by atoms with E-state index in [-0.39, 0.29) is 22.5 Å². The molecule has 0 radical (unpaired) electrons. The summed E-state index contributed by atoms with van der Waals surface area (Å²) in [6.45, 7) is 14.7. The van der Waals surface area contributed by atoms with Crippen molar-refractivity contribution in [3.05, 3.63) is 0 Å². The van der Waals surface area contributed by atoms with Crippen molar-refractivity contribution in [1.82, 2.24) is 5.32 Å². The lowest BCUT2D eigenvalue weighted by molar-refractivity contribution is -0.128. The van der Waals surface area contributed by atoms with E-state index >= 15 is 0 Å². The first-order valence-electron chi connectivity index (χ1n) is 20.5. The molecule has 51 heavy (non-hydrogen) atoms. The van der Waals surface area contributed by atoms with Crippen LogP contribution >= 0.6 is 0 Å². The Kier molecular flexibility index (Phi) is 23.2. The number of Topliss-reactive ketones (excluding diaryl/α,β-unsaturated/α-hetero) is 3. The molecular weight excluding hydrogens is 659 g/mol. The number of ketones is 3. The van der Waals surface area contributed by atoms with Crippen LogP contribution in [-0.2, 0) is 32.5 Å². The largest absolute Gasteiger partial charge is 0.500 e. The molecule has 9 heteroatoms. The molecule has 8 nitrogen and oxygen atoms in total. The molecule has 0 atom stereocenters. The second-order valence-electron chi connectivity index (χ2n) is 17.7. The number of amides is 1. The van der Waals surface area contributed by atoms with Crippen LogP contribution in [-0.4, -0.2) is 59.9 Å². The number of rotatable bonds is 22. The normalized spacial score (nSPS) is 21.4. The third-order valence-corrected chi connectivity index (χ3v) is 13.9. The molecule has 2 aliphatic rings. The van der Waals surface area contributed by atoms with E-state index < -0.39 is 8.80 Å². The van der Waals surface area contributed by atoms with E-state index in [2.05, 4.69) is 12.2 Å². The van der Waals surface area contributed by atoms with E-state index in [1.165, 1.54) is 57.8 Å². The quantitative estimate of drug-likeness (QED) is 0.0870. The smallest absolute Gasteiger partial charge is 0.377 e. The van der Waals surface area contributed by atoms with Crippen molar-refractivity contribution < 1.29 is 32.5 Å². The van der Waals surface area contributed by atoms with Crippen LogP contribution in [0.5, 0.6) is 0 Å². The average Bonchev–Trinajstić information content (AvgIpc) is 3.08. The van der Waals surface area contributed by atoms with Gasteiger partial charge in [-0.05, 0) is 75.0 Å². The molecule has 2 rings (SSSR count). The number of hydrogen-bond acceptors (Lipinski definition) is 7. The summed E-state index contributed by atoms with van der Waals surface area (Å²) in [7, 11) is 2.06. The Morgan fingerprint density at radius 2 is 1.06 bits per heavy atom. The van der Waals surface area contributed by atoms with E-state index in [1.54, 1.807) is 21.3 Å². The summed E-state index contributed by atoms with van der Waals surface area (Å²) in [5.74, 6) is 4.35. The Hall–Kier alpha value is -1.42. The molecule has 0 unspecified atom stereocenters. The molecule has 2 aliphatic carbocycles. The average molecular weight is 738 g/mol. The van der Waals surface area contributed by atoms with Crippen LogP contribution < -0.4 is 5.32 Å². The first kappa shape index (κ1) is 47.6. The predicted molar refractivity (Wildman–Crippen MR) is 211 cm³/mol. The van der Waals surface area contributed by atoms with Crippen molar-refractivity contribution in [3.63, 3.8) is 0 Å². The van der Waals surface area contributed by atoms with Gasteiger partial charge >= 0.3 is 8.80 Å². The molecule has 0 aromatic carbocycles. The first-order valence-corrected chi connectivity index (χ1v) is 22.4. The fourth-order valence-electron chi connectivity index (χ4n) is 7.50. The molecule has 2 fully saturated rings. The van der Waals surface area contributed by atoms with Gasteiger partial charge in [0.25, 0.3) is 0 Å². The number of unbranched alkanes of at least 4 members (excludes halogenated alkanes) is 4. The molecule has 0 spiro atoms. The van der Waals surface area contributed by atoms with Gasteiger partial charge in [0.2, 0.25) is 5.91 Å². The van der Waals surface area contributed by atoms with Crippen LogP contribution in [0.4, 0.5) is 0 Å². The van der Waals surface area contributed by atoms with Gasteiger partial charge in [0.1, 0.15) is 17.3 Å². The van der Waals surface area contributed by atoms with Gasteiger partial charge in [-0.2, -0.15) is 0 Å². The molecule has 0 bridgehead atoms. The number of nitrogens with one attached hydrogen (secondary N) is 1. The van der Waals surface area contributed by atoms with Crippen LogP contribution in [0.3, 0.4) is 0 Å². The van der Waals surface area contributed by atoms with E-state index in [4.69, 9.17) is 13.3 Å². The topological polar surface area (TPSA) is 108 Å². The molecule has 0 aromatic heterocycles. The zero-order valence-corrected chi connectivity index (χ0v) is 35.7.